The molecule has 1 aliphatic heterocycles. The largest absolute Gasteiger partial charge is 0.471 e. The zero-order valence-corrected chi connectivity index (χ0v) is 20.4. The number of allylic oxidation sites excluding steroid dienone is 1. The second kappa shape index (κ2) is 9.92. The molecule has 1 saturated carbocycles. The number of ether oxygens (including phenoxy) is 1. The summed E-state index contributed by atoms with van der Waals surface area (Å²) in [6, 6.07) is 1.97. The minimum absolute atomic E-state index is 0.0608. The Hall–Kier alpha value is -1.92. The van der Waals surface area contributed by atoms with Crippen molar-refractivity contribution in [3.8, 4) is 5.88 Å². The molecule has 3 rings (SSSR count). The van der Waals surface area contributed by atoms with Crippen LogP contribution in [0.5, 0.6) is 5.88 Å². The summed E-state index contributed by atoms with van der Waals surface area (Å²) in [4.78, 5) is 16.3. The van der Waals surface area contributed by atoms with Crippen molar-refractivity contribution in [3.05, 3.63) is 36.0 Å². The Kier molecular flexibility index (Phi) is 7.66. The molecular weight excluding hydrogens is 402 g/mol. The molecule has 0 aromatic carbocycles. The Morgan fingerprint density at radius 2 is 2.12 bits per heavy atom. The van der Waals surface area contributed by atoms with E-state index in [1.165, 1.54) is 12.5 Å². The van der Waals surface area contributed by atoms with E-state index in [4.69, 9.17) is 9.72 Å². The maximum Gasteiger partial charge on any atom is 0.218 e. The number of rotatable bonds is 9. The summed E-state index contributed by atoms with van der Waals surface area (Å²) in [6.45, 7) is 14.6. The molecule has 1 aromatic rings. The van der Waals surface area contributed by atoms with E-state index in [1.807, 2.05) is 12.3 Å². The lowest BCUT2D eigenvalue weighted by molar-refractivity contribution is -0.120. The Bertz CT molecular complexity index is 811. The number of amides is 1. The first-order valence-corrected chi connectivity index (χ1v) is 12.0. The molecule has 0 radical (unpaired) electrons. The van der Waals surface area contributed by atoms with Crippen molar-refractivity contribution in [2.24, 2.45) is 11.3 Å². The van der Waals surface area contributed by atoms with E-state index in [2.05, 4.69) is 51.0 Å². The smallest absolute Gasteiger partial charge is 0.218 e. The highest BCUT2D eigenvalue weighted by atomic mass is 16.5. The predicted octanol–water partition coefficient (Wildman–Crippen LogP) is 4.08. The molecule has 1 fully saturated rings. The maximum absolute atomic E-state index is 11.6. The summed E-state index contributed by atoms with van der Waals surface area (Å²) in [5, 5.41) is 17.3. The summed E-state index contributed by atoms with van der Waals surface area (Å²) >= 11 is 0. The number of fused-ring (bicyclic) bond motifs is 1. The monoisotopic (exact) mass is 443 g/mol. The molecule has 3 atom stereocenters. The molecule has 2 aliphatic rings. The molecule has 3 N–H and O–H groups in total. The minimum Gasteiger partial charge on any atom is -0.471 e. The summed E-state index contributed by atoms with van der Waals surface area (Å²) in [7, 11) is 0. The van der Waals surface area contributed by atoms with Crippen LogP contribution in [0, 0.1) is 11.3 Å². The van der Waals surface area contributed by atoms with Crippen molar-refractivity contribution in [2.75, 3.05) is 6.54 Å². The summed E-state index contributed by atoms with van der Waals surface area (Å²) in [5.74, 6) is 1.25. The van der Waals surface area contributed by atoms with Crippen LogP contribution in [0.4, 0.5) is 0 Å². The normalized spacial score (nSPS) is 26.4. The molecule has 2 heterocycles. The molecule has 1 amide bonds. The van der Waals surface area contributed by atoms with E-state index >= 15 is 0 Å². The van der Waals surface area contributed by atoms with Gasteiger partial charge in [-0.3, -0.25) is 4.79 Å². The van der Waals surface area contributed by atoms with Gasteiger partial charge < -0.3 is 20.5 Å². The van der Waals surface area contributed by atoms with E-state index in [0.717, 1.165) is 43.5 Å². The zero-order valence-electron chi connectivity index (χ0n) is 20.4. The first kappa shape index (κ1) is 24.7. The standard InChI is InChI=1S/C26H41N3O3/c1-7-8-9-21(29-18(3)30)23(31)16-27-22-14-26(11-17(2)12-26)32-24-20(22)10-19(15-28-24)13-25(4,5)6/h7,10,15,17,21-23,27,31H,1,8-9,11-14,16H2,2-6H3,(H,29,30)/t17?,21-,22-,23+,26?/m0/s1. The van der Waals surface area contributed by atoms with Crippen molar-refractivity contribution in [1.82, 2.24) is 15.6 Å². The molecule has 0 bridgehead atoms. The van der Waals surface area contributed by atoms with Gasteiger partial charge >= 0.3 is 0 Å². The van der Waals surface area contributed by atoms with Crippen molar-refractivity contribution < 1.29 is 14.6 Å². The zero-order chi connectivity index (χ0) is 23.5. The first-order valence-electron chi connectivity index (χ1n) is 12.0. The van der Waals surface area contributed by atoms with Crippen molar-refractivity contribution in [2.45, 2.75) is 96.9 Å². The van der Waals surface area contributed by atoms with Gasteiger partial charge in [0, 0.05) is 37.7 Å². The van der Waals surface area contributed by atoms with Gasteiger partial charge in [0.2, 0.25) is 11.8 Å². The molecule has 6 heteroatoms. The maximum atomic E-state index is 11.6. The molecule has 0 saturated heterocycles. The minimum atomic E-state index is -0.688. The van der Waals surface area contributed by atoms with Crippen LogP contribution in [0.1, 0.15) is 83.9 Å². The topological polar surface area (TPSA) is 83.5 Å². The number of hydrogen-bond acceptors (Lipinski definition) is 5. The fourth-order valence-corrected chi connectivity index (χ4v) is 5.25. The summed E-state index contributed by atoms with van der Waals surface area (Å²) in [6.07, 6.45) is 8.35. The highest BCUT2D eigenvalue weighted by molar-refractivity contribution is 5.73. The van der Waals surface area contributed by atoms with Crippen LogP contribution in [0.2, 0.25) is 0 Å². The summed E-state index contributed by atoms with van der Waals surface area (Å²) in [5.41, 5.74) is 2.29. The second-order valence-electron chi connectivity index (χ2n) is 11.2. The number of hydrogen-bond donors (Lipinski definition) is 3. The fourth-order valence-electron chi connectivity index (χ4n) is 5.25. The van der Waals surface area contributed by atoms with Crippen molar-refractivity contribution in [1.29, 1.82) is 0 Å². The van der Waals surface area contributed by atoms with Gasteiger partial charge in [0.15, 0.2) is 0 Å². The van der Waals surface area contributed by atoms with Crippen LogP contribution in [0.15, 0.2) is 24.9 Å². The highest BCUT2D eigenvalue weighted by Crippen LogP contribution is 2.50. The molecule has 6 nitrogen and oxygen atoms in total. The van der Waals surface area contributed by atoms with E-state index in [0.29, 0.717) is 18.9 Å². The molecule has 1 aliphatic carbocycles. The average molecular weight is 444 g/mol. The second-order valence-corrected chi connectivity index (χ2v) is 11.2. The predicted molar refractivity (Wildman–Crippen MR) is 128 cm³/mol. The Balaban J connectivity index is 1.77. The van der Waals surface area contributed by atoms with Crippen LogP contribution in [-0.4, -0.2) is 40.3 Å². The Morgan fingerprint density at radius 1 is 1.41 bits per heavy atom. The number of nitrogens with zero attached hydrogens (tertiary/aromatic N) is 1. The Labute approximate surface area is 193 Å². The van der Waals surface area contributed by atoms with Gasteiger partial charge in [0.1, 0.15) is 5.60 Å². The van der Waals surface area contributed by atoms with Gasteiger partial charge in [-0.1, -0.05) is 33.8 Å². The summed E-state index contributed by atoms with van der Waals surface area (Å²) < 4.78 is 6.42. The van der Waals surface area contributed by atoms with Crippen molar-refractivity contribution >= 4 is 5.91 Å². The van der Waals surface area contributed by atoms with E-state index in [-0.39, 0.29) is 29.0 Å². The lowest BCUT2D eigenvalue weighted by atomic mass is 9.67. The number of aliphatic hydroxyl groups excluding tert-OH is 1. The van der Waals surface area contributed by atoms with Gasteiger partial charge in [-0.25, -0.2) is 4.98 Å². The number of nitrogens with one attached hydrogen (secondary N) is 2. The van der Waals surface area contributed by atoms with Crippen LogP contribution in [-0.2, 0) is 11.2 Å². The average Bonchev–Trinajstić information content (AvgIpc) is 2.67. The fraction of sp³-hybridized carbons (Fsp3) is 0.692. The first-order chi connectivity index (χ1) is 15.0. The van der Waals surface area contributed by atoms with Gasteiger partial charge in [-0.2, -0.15) is 0 Å². The third-order valence-corrected chi connectivity index (χ3v) is 6.48. The van der Waals surface area contributed by atoms with Gasteiger partial charge in [-0.05, 0) is 55.1 Å². The number of aliphatic hydroxyl groups is 1. The molecule has 0 unspecified atom stereocenters. The Morgan fingerprint density at radius 3 is 2.72 bits per heavy atom. The number of aromatic nitrogens is 1. The number of pyridine rings is 1. The van der Waals surface area contributed by atoms with Gasteiger partial charge in [0.05, 0.1) is 12.1 Å². The number of carbonyl (C=O) groups excluding carboxylic acids is 1. The van der Waals surface area contributed by atoms with Crippen LogP contribution >= 0.6 is 0 Å². The molecular formula is C26H41N3O3. The quantitative estimate of drug-likeness (QED) is 0.501. The SMILES string of the molecule is C=CCC[C@H](NC(C)=O)[C@H](O)CN[C@H]1CC2(CC(C)C2)Oc2ncc(CC(C)(C)C)cc21. The third-order valence-electron chi connectivity index (χ3n) is 6.48. The lowest BCUT2D eigenvalue weighted by Crippen LogP contribution is -2.54. The molecule has 1 aromatic heterocycles. The van der Waals surface area contributed by atoms with E-state index in [1.54, 1.807) is 0 Å². The number of carbonyl (C=O) groups is 1. The van der Waals surface area contributed by atoms with E-state index in [9.17, 15) is 9.90 Å². The van der Waals surface area contributed by atoms with Crippen LogP contribution in [0.25, 0.3) is 0 Å². The van der Waals surface area contributed by atoms with Gasteiger partial charge in [-0.15, -0.1) is 6.58 Å². The van der Waals surface area contributed by atoms with Crippen LogP contribution < -0.4 is 15.4 Å². The molecule has 32 heavy (non-hydrogen) atoms. The highest BCUT2D eigenvalue weighted by Gasteiger charge is 2.49. The third kappa shape index (κ3) is 6.32. The molecule has 178 valence electrons. The van der Waals surface area contributed by atoms with Crippen LogP contribution in [0.3, 0.4) is 0 Å². The van der Waals surface area contributed by atoms with Gasteiger partial charge in [0.25, 0.3) is 0 Å². The van der Waals surface area contributed by atoms with Crippen molar-refractivity contribution in [3.63, 3.8) is 0 Å². The molecule has 1 spiro atoms. The lowest BCUT2D eigenvalue weighted by Gasteiger charge is -2.50. The van der Waals surface area contributed by atoms with E-state index < -0.39 is 6.10 Å².